The van der Waals surface area contributed by atoms with Crippen molar-refractivity contribution in [3.63, 3.8) is 0 Å². The quantitative estimate of drug-likeness (QED) is 0.0800. The van der Waals surface area contributed by atoms with Crippen LogP contribution >= 0.6 is 0 Å². The molecule has 0 radical (unpaired) electrons. The molecule has 0 atom stereocenters. The number of amides is 2. The second-order valence-electron chi connectivity index (χ2n) is 12.4. The summed E-state index contributed by atoms with van der Waals surface area (Å²) >= 11 is 0. The number of carbonyl (C=O) groups is 3. The number of methoxy groups -OCH3 is 1. The van der Waals surface area contributed by atoms with E-state index < -0.39 is 17.8 Å². The van der Waals surface area contributed by atoms with Gasteiger partial charge >= 0.3 is 5.97 Å². The Balaban J connectivity index is 1.23. The zero-order valence-corrected chi connectivity index (χ0v) is 29.6. The summed E-state index contributed by atoms with van der Waals surface area (Å²) in [5.41, 5.74) is 10.1. The van der Waals surface area contributed by atoms with Crippen molar-refractivity contribution in [1.29, 1.82) is 0 Å². The number of carbonyl (C=O) groups excluding carboxylic acids is 3. The van der Waals surface area contributed by atoms with E-state index in [-0.39, 0.29) is 36.2 Å². The molecule has 0 aliphatic heterocycles. The number of nitrogens with two attached hydrogens (primary N) is 1. The maximum absolute atomic E-state index is 13.6. The first kappa shape index (κ1) is 36.0. The smallest absolute Gasteiger partial charge is 0.337 e. The minimum absolute atomic E-state index is 0.185. The van der Waals surface area contributed by atoms with Crippen molar-refractivity contribution in [2.24, 2.45) is 0 Å². The predicted octanol–water partition coefficient (Wildman–Crippen LogP) is 8.66. The number of anilines is 3. The average molecular weight is 710 g/mol. The third-order valence-corrected chi connectivity index (χ3v) is 8.28. The second kappa shape index (κ2) is 16.5. The van der Waals surface area contributed by atoms with E-state index in [1.807, 2.05) is 86.6 Å². The van der Waals surface area contributed by atoms with Crippen LogP contribution in [0.3, 0.4) is 0 Å². The number of rotatable bonds is 13. The molecule has 0 fully saturated rings. The molecule has 10 heteroatoms. The molecule has 53 heavy (non-hydrogen) atoms. The molecule has 0 unspecified atom stereocenters. The SMILES string of the molecule is COC(=O)c1ccc(NC(=O)c2ccc(NC(=O)c3ccc(N)c(OCc4cccc5ccccc45)c3)c(OCc3ccccc3)c2)c(OC(C)C)c1. The summed E-state index contributed by atoms with van der Waals surface area (Å²) < 4.78 is 23.0. The van der Waals surface area contributed by atoms with Gasteiger partial charge < -0.3 is 35.3 Å². The zero-order valence-electron chi connectivity index (χ0n) is 29.6. The Morgan fingerprint density at radius 1 is 0.623 bits per heavy atom. The third-order valence-electron chi connectivity index (χ3n) is 8.28. The number of fused-ring (bicyclic) bond motifs is 1. The summed E-state index contributed by atoms with van der Waals surface area (Å²) in [7, 11) is 1.29. The van der Waals surface area contributed by atoms with Gasteiger partial charge in [0.1, 0.15) is 30.5 Å². The van der Waals surface area contributed by atoms with Crippen molar-refractivity contribution in [1.82, 2.24) is 0 Å². The molecular formula is C43H39N3O7. The van der Waals surface area contributed by atoms with Crippen LogP contribution in [0.4, 0.5) is 17.1 Å². The number of hydrogen-bond acceptors (Lipinski definition) is 8. The number of benzene rings is 6. The third kappa shape index (κ3) is 8.92. The Hall–Kier alpha value is -6.81. The number of hydrogen-bond donors (Lipinski definition) is 3. The lowest BCUT2D eigenvalue weighted by Crippen LogP contribution is -2.17. The lowest BCUT2D eigenvalue weighted by Gasteiger charge is -2.17. The monoisotopic (exact) mass is 709 g/mol. The molecule has 0 saturated carbocycles. The Labute approximate surface area is 307 Å². The van der Waals surface area contributed by atoms with Crippen LogP contribution < -0.4 is 30.6 Å². The molecule has 4 N–H and O–H groups in total. The van der Waals surface area contributed by atoms with Gasteiger partial charge in [0.25, 0.3) is 11.8 Å². The highest BCUT2D eigenvalue weighted by atomic mass is 16.5. The largest absolute Gasteiger partial charge is 0.489 e. The minimum Gasteiger partial charge on any atom is -0.489 e. The molecule has 0 aliphatic carbocycles. The first-order valence-electron chi connectivity index (χ1n) is 17.0. The summed E-state index contributed by atoms with van der Waals surface area (Å²) in [6, 6.07) is 37.8. The van der Waals surface area contributed by atoms with Crippen molar-refractivity contribution in [2.75, 3.05) is 23.5 Å². The highest BCUT2D eigenvalue weighted by Crippen LogP contribution is 2.32. The Morgan fingerprint density at radius 2 is 1.21 bits per heavy atom. The van der Waals surface area contributed by atoms with Crippen LogP contribution in [0.5, 0.6) is 17.2 Å². The van der Waals surface area contributed by atoms with Crippen LogP contribution in [0.2, 0.25) is 0 Å². The average Bonchev–Trinajstić information content (AvgIpc) is 3.17. The van der Waals surface area contributed by atoms with Crippen LogP contribution in [-0.4, -0.2) is 31.0 Å². The van der Waals surface area contributed by atoms with Crippen LogP contribution in [0, 0.1) is 0 Å². The van der Waals surface area contributed by atoms with Crippen molar-refractivity contribution in [3.05, 3.63) is 155 Å². The summed E-state index contributed by atoms with van der Waals surface area (Å²) in [5.74, 6) is -0.458. The van der Waals surface area contributed by atoms with Gasteiger partial charge in [0.2, 0.25) is 0 Å². The fourth-order valence-corrected chi connectivity index (χ4v) is 5.61. The van der Waals surface area contributed by atoms with E-state index >= 15 is 0 Å². The fourth-order valence-electron chi connectivity index (χ4n) is 5.61. The van der Waals surface area contributed by atoms with Crippen LogP contribution in [0.1, 0.15) is 56.0 Å². The van der Waals surface area contributed by atoms with E-state index in [2.05, 4.69) is 10.6 Å². The fraction of sp³-hybridized carbons (Fsp3) is 0.140. The maximum atomic E-state index is 13.6. The van der Waals surface area contributed by atoms with Gasteiger partial charge in [0.15, 0.2) is 0 Å². The Bertz CT molecular complexity index is 2270. The number of ether oxygens (including phenoxy) is 4. The molecule has 268 valence electrons. The van der Waals surface area contributed by atoms with Crippen LogP contribution in [-0.2, 0) is 18.0 Å². The van der Waals surface area contributed by atoms with Gasteiger partial charge in [-0.2, -0.15) is 0 Å². The van der Waals surface area contributed by atoms with Gasteiger partial charge in [0.05, 0.1) is 35.8 Å². The molecule has 6 aromatic carbocycles. The van der Waals surface area contributed by atoms with Gasteiger partial charge in [-0.3, -0.25) is 9.59 Å². The normalized spacial score (nSPS) is 10.8. The first-order valence-corrected chi connectivity index (χ1v) is 17.0. The molecule has 10 nitrogen and oxygen atoms in total. The Morgan fingerprint density at radius 3 is 1.92 bits per heavy atom. The van der Waals surface area contributed by atoms with E-state index in [4.69, 9.17) is 24.7 Å². The number of nitrogens with one attached hydrogen (secondary N) is 2. The van der Waals surface area contributed by atoms with E-state index in [1.165, 1.54) is 13.2 Å². The lowest BCUT2D eigenvalue weighted by atomic mass is 10.1. The second-order valence-corrected chi connectivity index (χ2v) is 12.4. The van der Waals surface area contributed by atoms with Gasteiger partial charge in [-0.25, -0.2) is 4.79 Å². The maximum Gasteiger partial charge on any atom is 0.337 e. The topological polar surface area (TPSA) is 138 Å². The zero-order chi connectivity index (χ0) is 37.3. The van der Waals surface area contributed by atoms with Crippen LogP contribution in [0.15, 0.2) is 127 Å². The van der Waals surface area contributed by atoms with Gasteiger partial charge in [-0.15, -0.1) is 0 Å². The number of esters is 1. The molecule has 0 saturated heterocycles. The van der Waals surface area contributed by atoms with Gasteiger partial charge in [-0.05, 0) is 90.3 Å². The molecule has 2 amide bonds. The molecule has 0 bridgehead atoms. The number of nitrogen functional groups attached to an aromatic ring is 1. The van der Waals surface area contributed by atoms with Gasteiger partial charge in [0, 0.05) is 11.1 Å². The molecule has 0 heterocycles. The minimum atomic E-state index is -0.530. The first-order chi connectivity index (χ1) is 25.7. The van der Waals surface area contributed by atoms with E-state index in [0.717, 1.165) is 21.9 Å². The van der Waals surface area contributed by atoms with E-state index in [1.54, 1.807) is 48.5 Å². The summed E-state index contributed by atoms with van der Waals surface area (Å²) in [5, 5.41) is 7.96. The predicted molar refractivity (Wildman–Crippen MR) is 206 cm³/mol. The van der Waals surface area contributed by atoms with Crippen molar-refractivity contribution < 1.29 is 33.3 Å². The highest BCUT2D eigenvalue weighted by Gasteiger charge is 2.19. The molecule has 6 rings (SSSR count). The lowest BCUT2D eigenvalue weighted by molar-refractivity contribution is 0.0599. The van der Waals surface area contributed by atoms with E-state index in [9.17, 15) is 14.4 Å². The summed E-state index contributed by atoms with van der Waals surface area (Å²) in [4.78, 5) is 39.4. The summed E-state index contributed by atoms with van der Waals surface area (Å²) in [6.45, 7) is 4.12. The molecular weight excluding hydrogens is 670 g/mol. The van der Waals surface area contributed by atoms with Crippen molar-refractivity contribution in [3.8, 4) is 17.2 Å². The van der Waals surface area contributed by atoms with Crippen molar-refractivity contribution in [2.45, 2.75) is 33.2 Å². The van der Waals surface area contributed by atoms with Crippen molar-refractivity contribution >= 4 is 45.6 Å². The highest BCUT2D eigenvalue weighted by molar-refractivity contribution is 6.08. The molecule has 0 spiro atoms. The van der Waals surface area contributed by atoms with E-state index in [0.29, 0.717) is 34.1 Å². The Kier molecular flexibility index (Phi) is 11.2. The molecule has 0 aromatic heterocycles. The standard InChI is InChI=1S/C43H39N3O7/c1-27(2)53-40-24-32(43(49)50-3)18-21-37(40)46-42(48)31-17-20-36(39(23-31)51-25-28-10-5-4-6-11-28)45-41(47)30-16-19-35(44)38(22-30)52-26-33-14-9-13-29-12-7-8-15-34(29)33/h4-24,27H,25-26,44H2,1-3H3,(H,45,47)(H,46,48). The molecule has 0 aliphatic rings. The molecule has 6 aromatic rings. The van der Waals surface area contributed by atoms with Gasteiger partial charge in [-0.1, -0.05) is 72.8 Å². The van der Waals surface area contributed by atoms with Crippen LogP contribution in [0.25, 0.3) is 10.8 Å². The summed E-state index contributed by atoms with van der Waals surface area (Å²) in [6.07, 6.45) is -0.229.